The predicted octanol–water partition coefficient (Wildman–Crippen LogP) is 4.44. The van der Waals surface area contributed by atoms with Gasteiger partial charge in [0, 0.05) is 52.2 Å². The molecule has 5 nitrogen and oxygen atoms in total. The van der Waals surface area contributed by atoms with Crippen molar-refractivity contribution in [1.82, 2.24) is 10.6 Å². The third-order valence-corrected chi connectivity index (χ3v) is 5.58. The molecule has 30 heavy (non-hydrogen) atoms. The van der Waals surface area contributed by atoms with Gasteiger partial charge in [-0.05, 0) is 61.6 Å². The highest BCUT2D eigenvalue weighted by atomic mass is 127. The molecule has 1 aliphatic heterocycles. The molecule has 0 bridgehead atoms. The van der Waals surface area contributed by atoms with Gasteiger partial charge in [0.25, 0.3) is 0 Å². The number of anilines is 2. The number of rotatable bonds is 7. The van der Waals surface area contributed by atoms with Gasteiger partial charge in [-0.15, -0.1) is 24.0 Å². The number of hydrogen-bond acceptors (Lipinski definition) is 3. The summed E-state index contributed by atoms with van der Waals surface area (Å²) < 4.78 is 0. The van der Waals surface area contributed by atoms with E-state index in [0.717, 1.165) is 18.9 Å². The first-order valence-electron chi connectivity index (χ1n) is 10.6. The van der Waals surface area contributed by atoms with E-state index in [2.05, 4.69) is 95.0 Å². The summed E-state index contributed by atoms with van der Waals surface area (Å²) in [4.78, 5) is 9.00. The van der Waals surface area contributed by atoms with Crippen molar-refractivity contribution in [2.24, 2.45) is 4.99 Å². The van der Waals surface area contributed by atoms with E-state index in [1.807, 2.05) is 7.05 Å². The van der Waals surface area contributed by atoms with Crippen molar-refractivity contribution >= 4 is 41.3 Å². The van der Waals surface area contributed by atoms with Crippen LogP contribution in [0.5, 0.6) is 0 Å². The SMILES string of the molecule is CN=C(NCCc1ccc(N(C)C)cc1)NC(C)c1cccc(N2CCCC2)c1.I. The van der Waals surface area contributed by atoms with Crippen molar-refractivity contribution in [1.29, 1.82) is 0 Å². The highest BCUT2D eigenvalue weighted by Gasteiger charge is 2.14. The Morgan fingerprint density at radius 1 is 1.10 bits per heavy atom. The van der Waals surface area contributed by atoms with Crippen molar-refractivity contribution < 1.29 is 0 Å². The Labute approximate surface area is 199 Å². The predicted molar refractivity (Wildman–Crippen MR) is 141 cm³/mol. The number of guanidine groups is 1. The lowest BCUT2D eigenvalue weighted by atomic mass is 10.1. The molecule has 0 amide bonds. The van der Waals surface area contributed by atoms with Crippen LogP contribution >= 0.6 is 24.0 Å². The number of benzene rings is 2. The van der Waals surface area contributed by atoms with Gasteiger partial charge in [-0.25, -0.2) is 0 Å². The minimum absolute atomic E-state index is 0. The molecule has 6 heteroatoms. The molecular weight excluding hydrogens is 485 g/mol. The second kappa shape index (κ2) is 12.0. The standard InChI is InChI=1S/C24H35N5.HI/c1-19(21-8-7-9-23(18-21)29-16-5-6-17-29)27-24(25-2)26-15-14-20-10-12-22(13-11-20)28(3)4;/h7-13,18-19H,5-6,14-17H2,1-4H3,(H2,25,26,27);1H. The van der Waals surface area contributed by atoms with E-state index in [1.54, 1.807) is 0 Å². The summed E-state index contributed by atoms with van der Waals surface area (Å²) in [5, 5.41) is 6.97. The number of hydrogen-bond donors (Lipinski definition) is 2. The Balaban J connectivity index is 0.00000320. The minimum Gasteiger partial charge on any atom is -0.378 e. The fourth-order valence-corrected chi connectivity index (χ4v) is 3.74. The third kappa shape index (κ3) is 6.79. The second-order valence-electron chi connectivity index (χ2n) is 7.97. The van der Waals surface area contributed by atoms with Crippen LogP contribution in [0.25, 0.3) is 0 Å². The molecule has 1 atom stereocenters. The molecule has 1 unspecified atom stereocenters. The average Bonchev–Trinajstić information content (AvgIpc) is 3.28. The van der Waals surface area contributed by atoms with Crippen LogP contribution in [-0.2, 0) is 6.42 Å². The Morgan fingerprint density at radius 3 is 2.43 bits per heavy atom. The lowest BCUT2D eigenvalue weighted by Gasteiger charge is -2.22. The Morgan fingerprint density at radius 2 is 1.80 bits per heavy atom. The molecule has 2 N–H and O–H groups in total. The van der Waals surface area contributed by atoms with Crippen LogP contribution in [0.2, 0.25) is 0 Å². The number of nitrogens with one attached hydrogen (secondary N) is 2. The zero-order chi connectivity index (χ0) is 20.6. The lowest BCUT2D eigenvalue weighted by Crippen LogP contribution is -2.39. The summed E-state index contributed by atoms with van der Waals surface area (Å²) >= 11 is 0. The van der Waals surface area contributed by atoms with Crippen LogP contribution in [0.1, 0.15) is 36.9 Å². The first-order chi connectivity index (χ1) is 14.1. The zero-order valence-corrected chi connectivity index (χ0v) is 21.0. The van der Waals surface area contributed by atoms with Crippen LogP contribution in [0, 0.1) is 0 Å². The highest BCUT2D eigenvalue weighted by Crippen LogP contribution is 2.24. The fourth-order valence-electron chi connectivity index (χ4n) is 3.74. The smallest absolute Gasteiger partial charge is 0.191 e. The van der Waals surface area contributed by atoms with E-state index in [9.17, 15) is 0 Å². The minimum atomic E-state index is 0. The lowest BCUT2D eigenvalue weighted by molar-refractivity contribution is 0.684. The number of halogens is 1. The maximum Gasteiger partial charge on any atom is 0.191 e. The molecule has 0 radical (unpaired) electrons. The van der Waals surface area contributed by atoms with E-state index in [1.165, 1.54) is 48.4 Å². The molecule has 1 saturated heterocycles. The first kappa shape index (κ1) is 24.3. The van der Waals surface area contributed by atoms with Crippen molar-refractivity contribution in [2.75, 3.05) is 50.6 Å². The molecule has 2 aromatic carbocycles. The second-order valence-corrected chi connectivity index (χ2v) is 7.97. The summed E-state index contributed by atoms with van der Waals surface area (Å²) in [6.07, 6.45) is 3.56. The molecule has 0 saturated carbocycles. The van der Waals surface area contributed by atoms with Crippen molar-refractivity contribution in [3.63, 3.8) is 0 Å². The average molecular weight is 521 g/mol. The van der Waals surface area contributed by atoms with Gasteiger partial charge in [-0.1, -0.05) is 24.3 Å². The van der Waals surface area contributed by atoms with Gasteiger partial charge in [0.1, 0.15) is 0 Å². The van der Waals surface area contributed by atoms with Gasteiger partial charge in [0.05, 0.1) is 6.04 Å². The molecule has 1 aliphatic rings. The van der Waals surface area contributed by atoms with E-state index >= 15 is 0 Å². The molecular formula is C24H36IN5. The number of aliphatic imine (C=N–C) groups is 1. The molecule has 164 valence electrons. The van der Waals surface area contributed by atoms with Gasteiger partial charge >= 0.3 is 0 Å². The first-order valence-corrected chi connectivity index (χ1v) is 10.6. The maximum atomic E-state index is 4.40. The van der Waals surface area contributed by atoms with Crippen molar-refractivity contribution in [3.05, 3.63) is 59.7 Å². The molecule has 2 aromatic rings. The molecule has 0 spiro atoms. The molecule has 1 fully saturated rings. The van der Waals surface area contributed by atoms with Crippen molar-refractivity contribution in [2.45, 2.75) is 32.2 Å². The summed E-state index contributed by atoms with van der Waals surface area (Å²) in [6, 6.07) is 17.8. The number of nitrogens with zero attached hydrogens (tertiary/aromatic N) is 3. The topological polar surface area (TPSA) is 42.9 Å². The van der Waals surface area contributed by atoms with E-state index in [0.29, 0.717) is 0 Å². The summed E-state index contributed by atoms with van der Waals surface area (Å²) in [5.41, 5.74) is 5.17. The van der Waals surface area contributed by atoms with Gasteiger partial charge in [-0.2, -0.15) is 0 Å². The van der Waals surface area contributed by atoms with Crippen LogP contribution < -0.4 is 20.4 Å². The molecule has 0 aliphatic carbocycles. The highest BCUT2D eigenvalue weighted by molar-refractivity contribution is 14.0. The van der Waals surface area contributed by atoms with Gasteiger partial charge < -0.3 is 20.4 Å². The van der Waals surface area contributed by atoms with E-state index in [4.69, 9.17) is 0 Å². The molecule has 0 aromatic heterocycles. The normalized spacial score (nSPS) is 14.8. The Kier molecular flexibility index (Phi) is 9.75. The van der Waals surface area contributed by atoms with E-state index < -0.39 is 0 Å². The Bertz CT molecular complexity index is 797. The monoisotopic (exact) mass is 521 g/mol. The van der Waals surface area contributed by atoms with Gasteiger partial charge in [0.15, 0.2) is 5.96 Å². The summed E-state index contributed by atoms with van der Waals surface area (Å²) in [5.74, 6) is 0.842. The van der Waals surface area contributed by atoms with Crippen LogP contribution in [0.15, 0.2) is 53.5 Å². The van der Waals surface area contributed by atoms with E-state index in [-0.39, 0.29) is 30.0 Å². The van der Waals surface area contributed by atoms with Crippen LogP contribution in [0.4, 0.5) is 11.4 Å². The fraction of sp³-hybridized carbons (Fsp3) is 0.458. The van der Waals surface area contributed by atoms with Crippen molar-refractivity contribution in [3.8, 4) is 0 Å². The van der Waals surface area contributed by atoms with Crippen LogP contribution in [0.3, 0.4) is 0 Å². The maximum absolute atomic E-state index is 4.40. The van der Waals surface area contributed by atoms with Gasteiger partial charge in [0.2, 0.25) is 0 Å². The van der Waals surface area contributed by atoms with Crippen LogP contribution in [-0.4, -0.2) is 46.7 Å². The largest absolute Gasteiger partial charge is 0.378 e. The zero-order valence-electron chi connectivity index (χ0n) is 18.7. The molecule has 3 rings (SSSR count). The summed E-state index contributed by atoms with van der Waals surface area (Å²) in [6.45, 7) is 5.38. The summed E-state index contributed by atoms with van der Waals surface area (Å²) in [7, 11) is 5.96. The molecule has 1 heterocycles. The Hall–Kier alpha value is -1.96. The quantitative estimate of drug-likeness (QED) is 0.321. The third-order valence-electron chi connectivity index (χ3n) is 5.58. The van der Waals surface area contributed by atoms with Gasteiger partial charge in [-0.3, -0.25) is 4.99 Å².